The summed E-state index contributed by atoms with van der Waals surface area (Å²) in [6.45, 7) is 1.02. The number of nitrogens with zero attached hydrogens (tertiary/aromatic N) is 2. The highest BCUT2D eigenvalue weighted by molar-refractivity contribution is 7.93. The molecule has 1 amide bonds. The summed E-state index contributed by atoms with van der Waals surface area (Å²) in [7, 11) is -1.89. The van der Waals surface area contributed by atoms with E-state index in [9.17, 15) is 17.6 Å². The average molecular weight is 440 g/mol. The minimum atomic E-state index is -3.67. The Morgan fingerprint density at radius 3 is 2.76 bits per heavy atom. The van der Waals surface area contributed by atoms with Crippen molar-refractivity contribution in [1.82, 2.24) is 15.9 Å². The Hall–Kier alpha value is -2.24. The van der Waals surface area contributed by atoms with Gasteiger partial charge in [-0.3, -0.25) is 10.2 Å². The van der Waals surface area contributed by atoms with Gasteiger partial charge in [0.2, 0.25) is 0 Å². The molecule has 8 nitrogen and oxygen atoms in total. The Balaban J connectivity index is 1.60. The molecule has 0 aliphatic carbocycles. The lowest BCUT2D eigenvalue weighted by molar-refractivity contribution is 0.102. The molecule has 0 spiro atoms. The second-order valence-electron chi connectivity index (χ2n) is 6.90. The monoisotopic (exact) mass is 439 g/mol. The number of amides is 1. The van der Waals surface area contributed by atoms with Crippen LogP contribution in [0.15, 0.2) is 36.4 Å². The first-order valence-corrected chi connectivity index (χ1v) is 10.8. The fourth-order valence-corrected chi connectivity index (χ4v) is 5.33. The molecule has 29 heavy (non-hydrogen) atoms. The fourth-order valence-electron chi connectivity index (χ4n) is 3.40. The summed E-state index contributed by atoms with van der Waals surface area (Å²) in [5.41, 5.74) is 7.14. The summed E-state index contributed by atoms with van der Waals surface area (Å²) in [5.74, 6) is -1.45. The summed E-state index contributed by atoms with van der Waals surface area (Å²) < 4.78 is 41.2. The Morgan fingerprint density at radius 2 is 2.07 bits per heavy atom. The Bertz CT molecular complexity index is 1060. The van der Waals surface area contributed by atoms with Crippen molar-refractivity contribution < 1.29 is 17.6 Å². The van der Waals surface area contributed by atoms with Crippen LogP contribution in [0, 0.1) is 5.82 Å². The molecule has 0 saturated carbocycles. The van der Waals surface area contributed by atoms with Crippen molar-refractivity contribution in [2.45, 2.75) is 11.8 Å². The molecule has 2 aromatic carbocycles. The molecule has 1 atom stereocenters. The molecule has 0 radical (unpaired) electrons. The lowest BCUT2D eigenvalue weighted by Gasteiger charge is -2.23. The average Bonchev–Trinajstić information content (AvgIpc) is 3.28. The molecular weight excluding hydrogens is 421 g/mol. The van der Waals surface area contributed by atoms with E-state index in [2.05, 4.69) is 16.2 Å². The predicted octanol–water partition coefficient (Wildman–Crippen LogP) is 1.70. The third-order valence-corrected chi connectivity index (χ3v) is 7.21. The number of carbonyl (C=O) groups excluding carboxylic acids is 1. The van der Waals surface area contributed by atoms with E-state index in [0.717, 1.165) is 16.0 Å². The zero-order chi connectivity index (χ0) is 20.8. The lowest BCUT2D eigenvalue weighted by atomic mass is 10.1. The third-order valence-electron chi connectivity index (χ3n) is 4.91. The number of halogens is 2. The van der Waals surface area contributed by atoms with Gasteiger partial charge in [0.15, 0.2) is 0 Å². The van der Waals surface area contributed by atoms with E-state index in [-0.39, 0.29) is 10.6 Å². The topological polar surface area (TPSA) is 93.8 Å². The summed E-state index contributed by atoms with van der Waals surface area (Å²) >= 11 is 5.94. The maximum absolute atomic E-state index is 14.0. The number of rotatable bonds is 4. The fraction of sp³-hybridized carbons (Fsp3) is 0.278. The van der Waals surface area contributed by atoms with Crippen LogP contribution >= 0.6 is 11.6 Å². The SMILES string of the molecule is CN1CC(S(=O)(=O)N2NCc3ccc(NC(=O)c4c(F)cccc4Cl)cc32)CN1. The second-order valence-corrected chi connectivity index (χ2v) is 9.37. The molecule has 2 heterocycles. The van der Waals surface area contributed by atoms with Crippen molar-refractivity contribution >= 4 is 38.9 Å². The Kier molecular flexibility index (Phi) is 5.21. The number of anilines is 2. The summed E-state index contributed by atoms with van der Waals surface area (Å²) in [4.78, 5) is 12.5. The highest BCUT2D eigenvalue weighted by Gasteiger charge is 2.39. The molecule has 0 aromatic heterocycles. The van der Waals surface area contributed by atoms with E-state index in [1.54, 1.807) is 30.3 Å². The highest BCUT2D eigenvalue weighted by atomic mass is 35.5. The van der Waals surface area contributed by atoms with Crippen LogP contribution < -0.4 is 20.6 Å². The van der Waals surface area contributed by atoms with Gasteiger partial charge >= 0.3 is 0 Å². The number of fused-ring (bicyclic) bond motifs is 1. The van der Waals surface area contributed by atoms with Crippen molar-refractivity contribution in [2.75, 3.05) is 29.9 Å². The highest BCUT2D eigenvalue weighted by Crippen LogP contribution is 2.32. The lowest BCUT2D eigenvalue weighted by Crippen LogP contribution is -2.45. The van der Waals surface area contributed by atoms with Crippen LogP contribution in [0.2, 0.25) is 5.02 Å². The van der Waals surface area contributed by atoms with Gasteiger partial charge in [-0.2, -0.15) is 0 Å². The van der Waals surface area contributed by atoms with Crippen LogP contribution in [0.1, 0.15) is 15.9 Å². The van der Waals surface area contributed by atoms with Crippen molar-refractivity contribution in [3.63, 3.8) is 0 Å². The van der Waals surface area contributed by atoms with E-state index in [1.165, 1.54) is 12.1 Å². The van der Waals surface area contributed by atoms with Gasteiger partial charge in [-0.25, -0.2) is 27.7 Å². The maximum atomic E-state index is 14.0. The summed E-state index contributed by atoms with van der Waals surface area (Å²) in [6, 6.07) is 8.88. The zero-order valence-electron chi connectivity index (χ0n) is 15.4. The number of sulfonamides is 1. The summed E-state index contributed by atoms with van der Waals surface area (Å²) in [5, 5.41) is 3.70. The minimum Gasteiger partial charge on any atom is -0.322 e. The van der Waals surface area contributed by atoms with Crippen molar-refractivity contribution in [3.05, 3.63) is 58.4 Å². The molecule has 3 N–H and O–H groups in total. The van der Waals surface area contributed by atoms with E-state index < -0.39 is 27.0 Å². The van der Waals surface area contributed by atoms with Gasteiger partial charge in [0.25, 0.3) is 15.9 Å². The molecule has 1 saturated heterocycles. The Morgan fingerprint density at radius 1 is 1.28 bits per heavy atom. The minimum absolute atomic E-state index is 0.00705. The molecule has 1 fully saturated rings. The molecule has 0 bridgehead atoms. The van der Waals surface area contributed by atoms with Crippen LogP contribution in [-0.4, -0.2) is 44.7 Å². The van der Waals surface area contributed by atoms with Crippen molar-refractivity contribution in [1.29, 1.82) is 0 Å². The van der Waals surface area contributed by atoms with Crippen LogP contribution in [-0.2, 0) is 16.6 Å². The van der Waals surface area contributed by atoms with Crippen molar-refractivity contribution in [2.24, 2.45) is 0 Å². The standard InChI is InChI=1S/C18H19ClFN5O3S/c1-24-10-13(9-21-24)29(27,28)25-16-7-12(6-5-11(16)8-22-25)23-18(26)17-14(19)3-2-4-15(17)20/h2-7,13,21-22H,8-10H2,1H3,(H,23,26). The van der Waals surface area contributed by atoms with Crippen LogP contribution in [0.3, 0.4) is 0 Å². The van der Waals surface area contributed by atoms with Gasteiger partial charge < -0.3 is 5.32 Å². The van der Waals surface area contributed by atoms with Gasteiger partial charge in [0.05, 0.1) is 16.3 Å². The molecule has 4 rings (SSSR count). The quantitative estimate of drug-likeness (QED) is 0.671. The van der Waals surface area contributed by atoms with E-state index >= 15 is 0 Å². The number of hydrogen-bond donors (Lipinski definition) is 3. The van der Waals surface area contributed by atoms with Gasteiger partial charge in [0.1, 0.15) is 11.1 Å². The van der Waals surface area contributed by atoms with Gasteiger partial charge in [-0.05, 0) is 29.8 Å². The maximum Gasteiger partial charge on any atom is 0.260 e. The predicted molar refractivity (Wildman–Crippen MR) is 108 cm³/mol. The van der Waals surface area contributed by atoms with Crippen LogP contribution in [0.5, 0.6) is 0 Å². The van der Waals surface area contributed by atoms with Crippen molar-refractivity contribution in [3.8, 4) is 0 Å². The smallest absolute Gasteiger partial charge is 0.260 e. The molecule has 2 aromatic rings. The normalized spacial score (nSPS) is 19.4. The molecular formula is C18H19ClFN5O3S. The van der Waals surface area contributed by atoms with E-state index in [4.69, 9.17) is 11.6 Å². The summed E-state index contributed by atoms with van der Waals surface area (Å²) in [6.07, 6.45) is 0. The Labute approximate surface area is 172 Å². The molecule has 2 aliphatic heterocycles. The number of hydrogen-bond acceptors (Lipinski definition) is 6. The van der Waals surface area contributed by atoms with Gasteiger partial charge in [0, 0.05) is 32.4 Å². The first-order valence-electron chi connectivity index (χ1n) is 8.88. The van der Waals surface area contributed by atoms with Crippen LogP contribution in [0.4, 0.5) is 15.8 Å². The largest absolute Gasteiger partial charge is 0.322 e. The molecule has 1 unspecified atom stereocenters. The second kappa shape index (κ2) is 7.54. The molecule has 2 aliphatic rings. The first kappa shape index (κ1) is 20.0. The van der Waals surface area contributed by atoms with Gasteiger partial charge in [-0.1, -0.05) is 23.7 Å². The molecule has 11 heteroatoms. The van der Waals surface area contributed by atoms with Gasteiger partial charge in [-0.15, -0.1) is 0 Å². The number of nitrogens with one attached hydrogen (secondary N) is 3. The first-order chi connectivity index (χ1) is 13.8. The van der Waals surface area contributed by atoms with Crippen LogP contribution in [0.25, 0.3) is 0 Å². The number of benzene rings is 2. The third kappa shape index (κ3) is 3.69. The van der Waals surface area contributed by atoms with E-state index in [1.807, 2.05) is 0 Å². The van der Waals surface area contributed by atoms with E-state index in [0.29, 0.717) is 31.0 Å². The number of hydrazine groups is 2. The zero-order valence-corrected chi connectivity index (χ0v) is 17.0. The number of carbonyl (C=O) groups is 1. The molecule has 154 valence electrons.